The summed E-state index contributed by atoms with van der Waals surface area (Å²) in [7, 11) is 1.59. The van der Waals surface area contributed by atoms with E-state index in [0.717, 1.165) is 11.1 Å². The molecule has 0 unspecified atom stereocenters. The minimum absolute atomic E-state index is 0.0371. The zero-order chi connectivity index (χ0) is 17.5. The summed E-state index contributed by atoms with van der Waals surface area (Å²) in [4.78, 5) is 16.1. The number of nitrogens with zero attached hydrogens (tertiary/aromatic N) is 2. The summed E-state index contributed by atoms with van der Waals surface area (Å²) in [6.45, 7) is -0.0371. The molecule has 0 atom stereocenters. The average molecular weight is 338 g/mol. The first-order valence-electron chi connectivity index (χ1n) is 7.91. The lowest BCUT2D eigenvalue weighted by atomic mass is 10.1. The number of benzene rings is 2. The lowest BCUT2D eigenvalue weighted by Crippen LogP contribution is -2.06. The first-order chi connectivity index (χ1) is 12.2. The zero-order valence-corrected chi connectivity index (χ0v) is 13.8. The van der Waals surface area contributed by atoms with Crippen LogP contribution in [0.25, 0.3) is 11.4 Å². The first-order valence-corrected chi connectivity index (χ1v) is 7.91. The van der Waals surface area contributed by atoms with Crippen molar-refractivity contribution in [3.8, 4) is 17.1 Å². The molecule has 0 amide bonds. The van der Waals surface area contributed by atoms with E-state index in [0.29, 0.717) is 24.4 Å². The number of hydrogen-bond donors (Lipinski definition) is 0. The van der Waals surface area contributed by atoms with Crippen molar-refractivity contribution < 1.29 is 18.8 Å². The normalized spacial score (nSPS) is 10.4. The van der Waals surface area contributed by atoms with Crippen LogP contribution in [0.4, 0.5) is 0 Å². The van der Waals surface area contributed by atoms with E-state index in [2.05, 4.69) is 10.1 Å². The van der Waals surface area contributed by atoms with Gasteiger partial charge in [-0.3, -0.25) is 4.79 Å². The van der Waals surface area contributed by atoms with Crippen LogP contribution in [0.15, 0.2) is 59.1 Å². The molecule has 3 aromatic rings. The minimum atomic E-state index is -0.301. The molecule has 6 nitrogen and oxygen atoms in total. The molecule has 0 N–H and O–H groups in total. The number of esters is 1. The molecule has 2 aromatic carbocycles. The third-order valence-electron chi connectivity index (χ3n) is 3.61. The standard InChI is InChI=1S/C19H18N2O4/c1-23-16-9-5-8-15(12-16)19-20-17(25-21-19)13-24-18(22)11-10-14-6-3-2-4-7-14/h2-9,12H,10-11,13H2,1H3. The monoisotopic (exact) mass is 338 g/mol. The molecule has 0 aliphatic heterocycles. The molecule has 1 aromatic heterocycles. The first kappa shape index (κ1) is 16.7. The van der Waals surface area contributed by atoms with Crippen LogP contribution in [0.1, 0.15) is 17.9 Å². The van der Waals surface area contributed by atoms with Crippen molar-refractivity contribution in [2.75, 3.05) is 7.11 Å². The van der Waals surface area contributed by atoms with Crippen molar-refractivity contribution in [1.29, 1.82) is 0 Å². The molecule has 1 heterocycles. The van der Waals surface area contributed by atoms with Gasteiger partial charge < -0.3 is 14.0 Å². The van der Waals surface area contributed by atoms with Gasteiger partial charge in [-0.2, -0.15) is 4.98 Å². The largest absolute Gasteiger partial charge is 0.497 e. The van der Waals surface area contributed by atoms with Crippen molar-refractivity contribution in [1.82, 2.24) is 10.1 Å². The van der Waals surface area contributed by atoms with Gasteiger partial charge in [0.05, 0.1) is 7.11 Å². The predicted molar refractivity (Wildman–Crippen MR) is 90.8 cm³/mol. The van der Waals surface area contributed by atoms with Gasteiger partial charge in [0.15, 0.2) is 6.61 Å². The quantitative estimate of drug-likeness (QED) is 0.615. The van der Waals surface area contributed by atoms with E-state index in [-0.39, 0.29) is 18.5 Å². The van der Waals surface area contributed by atoms with Crippen molar-refractivity contribution >= 4 is 5.97 Å². The van der Waals surface area contributed by atoms with E-state index in [4.69, 9.17) is 14.0 Å². The van der Waals surface area contributed by atoms with Gasteiger partial charge in [0.2, 0.25) is 5.82 Å². The summed E-state index contributed by atoms with van der Waals surface area (Å²) in [6, 6.07) is 17.1. The van der Waals surface area contributed by atoms with Crippen molar-refractivity contribution in [2.45, 2.75) is 19.4 Å². The molecule has 0 saturated carbocycles. The van der Waals surface area contributed by atoms with Gasteiger partial charge in [0.1, 0.15) is 5.75 Å². The third kappa shape index (κ3) is 4.67. The average Bonchev–Trinajstić information content (AvgIpc) is 3.15. The molecule has 3 rings (SSSR count). The molecular weight excluding hydrogens is 320 g/mol. The van der Waals surface area contributed by atoms with Crippen molar-refractivity contribution in [3.05, 3.63) is 66.1 Å². The molecule has 0 fully saturated rings. The van der Waals surface area contributed by atoms with E-state index < -0.39 is 0 Å². The maximum absolute atomic E-state index is 11.8. The van der Waals surface area contributed by atoms with E-state index in [1.54, 1.807) is 13.2 Å². The Labute approximate surface area is 145 Å². The van der Waals surface area contributed by atoms with Crippen LogP contribution in [0.3, 0.4) is 0 Å². The summed E-state index contributed by atoms with van der Waals surface area (Å²) >= 11 is 0. The molecule has 128 valence electrons. The number of aryl methyl sites for hydroxylation is 1. The minimum Gasteiger partial charge on any atom is -0.497 e. The second kappa shape index (κ2) is 8.10. The molecule has 0 aliphatic rings. The van der Waals surface area contributed by atoms with Crippen molar-refractivity contribution in [2.24, 2.45) is 0 Å². The van der Waals surface area contributed by atoms with Crippen LogP contribution in [0.5, 0.6) is 5.75 Å². The summed E-state index contributed by atoms with van der Waals surface area (Å²) in [5.41, 5.74) is 1.86. The van der Waals surface area contributed by atoms with E-state index in [1.165, 1.54) is 0 Å². The third-order valence-corrected chi connectivity index (χ3v) is 3.61. The van der Waals surface area contributed by atoms with Gasteiger partial charge in [-0.1, -0.05) is 47.6 Å². The molecule has 0 spiro atoms. The second-order valence-corrected chi connectivity index (χ2v) is 5.39. The molecule has 0 radical (unpaired) electrons. The summed E-state index contributed by atoms with van der Waals surface area (Å²) in [5, 5.41) is 3.90. The van der Waals surface area contributed by atoms with Crippen LogP contribution < -0.4 is 4.74 Å². The maximum atomic E-state index is 11.8. The molecule has 6 heteroatoms. The van der Waals surface area contributed by atoms with Crippen LogP contribution in [0.2, 0.25) is 0 Å². The van der Waals surface area contributed by atoms with Gasteiger partial charge in [0, 0.05) is 12.0 Å². The smallest absolute Gasteiger partial charge is 0.306 e. The van der Waals surface area contributed by atoms with Crippen LogP contribution in [-0.2, 0) is 22.6 Å². The van der Waals surface area contributed by atoms with E-state index >= 15 is 0 Å². The van der Waals surface area contributed by atoms with Gasteiger partial charge in [0.25, 0.3) is 5.89 Å². The number of rotatable bonds is 7. The number of hydrogen-bond acceptors (Lipinski definition) is 6. The fourth-order valence-electron chi connectivity index (χ4n) is 2.30. The SMILES string of the molecule is COc1cccc(-c2noc(COC(=O)CCc3ccccc3)n2)c1. The molecule has 0 bridgehead atoms. The molecule has 0 saturated heterocycles. The topological polar surface area (TPSA) is 74.5 Å². The molecular formula is C19H18N2O4. The Morgan fingerprint density at radius 3 is 2.76 bits per heavy atom. The van der Waals surface area contributed by atoms with Crippen LogP contribution >= 0.6 is 0 Å². The van der Waals surface area contributed by atoms with E-state index in [9.17, 15) is 4.79 Å². The Kier molecular flexibility index (Phi) is 5.41. The van der Waals surface area contributed by atoms with Gasteiger partial charge >= 0.3 is 5.97 Å². The highest BCUT2D eigenvalue weighted by Crippen LogP contribution is 2.21. The maximum Gasteiger partial charge on any atom is 0.306 e. The fraction of sp³-hybridized carbons (Fsp3) is 0.211. The van der Waals surface area contributed by atoms with Crippen LogP contribution in [0, 0.1) is 0 Å². The van der Waals surface area contributed by atoms with Crippen molar-refractivity contribution in [3.63, 3.8) is 0 Å². The zero-order valence-electron chi connectivity index (χ0n) is 13.8. The lowest BCUT2D eigenvalue weighted by molar-refractivity contribution is -0.145. The summed E-state index contributed by atoms with van der Waals surface area (Å²) in [5.74, 6) is 1.08. The number of aromatic nitrogens is 2. The number of methoxy groups -OCH3 is 1. The number of ether oxygens (including phenoxy) is 2. The Morgan fingerprint density at radius 2 is 1.96 bits per heavy atom. The fourth-order valence-corrected chi connectivity index (χ4v) is 2.30. The summed E-state index contributed by atoms with van der Waals surface area (Å²) in [6.07, 6.45) is 0.944. The highest BCUT2D eigenvalue weighted by molar-refractivity contribution is 5.69. The highest BCUT2D eigenvalue weighted by atomic mass is 16.6. The molecule has 25 heavy (non-hydrogen) atoms. The summed E-state index contributed by atoms with van der Waals surface area (Å²) < 4.78 is 15.5. The second-order valence-electron chi connectivity index (χ2n) is 5.39. The van der Waals surface area contributed by atoms with Gasteiger partial charge in [-0.15, -0.1) is 0 Å². The Hall–Kier alpha value is -3.15. The predicted octanol–water partition coefficient (Wildman–Crippen LogP) is 3.42. The number of carbonyl (C=O) groups excluding carboxylic acids is 1. The van der Waals surface area contributed by atoms with E-state index in [1.807, 2.05) is 48.5 Å². The Bertz CT molecular complexity index is 830. The highest BCUT2D eigenvalue weighted by Gasteiger charge is 2.12. The van der Waals surface area contributed by atoms with Gasteiger partial charge in [-0.25, -0.2) is 0 Å². The molecule has 0 aliphatic carbocycles. The number of carbonyl (C=O) groups is 1. The lowest BCUT2D eigenvalue weighted by Gasteiger charge is -2.02. The Morgan fingerprint density at radius 1 is 1.12 bits per heavy atom. The van der Waals surface area contributed by atoms with Gasteiger partial charge in [-0.05, 0) is 24.1 Å². The van der Waals surface area contributed by atoms with Crippen LogP contribution in [-0.4, -0.2) is 23.2 Å². The Balaban J connectivity index is 1.52.